The van der Waals surface area contributed by atoms with Gasteiger partial charge in [-0.2, -0.15) is 0 Å². The molecule has 10 heteroatoms. The van der Waals surface area contributed by atoms with Crippen LogP contribution in [-0.4, -0.2) is 30.4 Å². The summed E-state index contributed by atoms with van der Waals surface area (Å²) in [4.78, 5) is 33.9. The SMILES string of the molecule is CC.CN=C/C(=C\N)c1oc2c(C(C)Nc3ccc(Cl)nc3C(=O)NSC)cc(C)cc2c(=O)c1C. The van der Waals surface area contributed by atoms with E-state index in [1.807, 2.05) is 33.8 Å². The summed E-state index contributed by atoms with van der Waals surface area (Å²) in [6, 6.07) is 6.68. The third-order valence-corrected chi connectivity index (χ3v) is 5.81. The van der Waals surface area contributed by atoms with Crippen molar-refractivity contribution in [2.24, 2.45) is 10.7 Å². The van der Waals surface area contributed by atoms with Crippen molar-refractivity contribution in [3.05, 3.63) is 74.0 Å². The topological polar surface area (TPSA) is 123 Å². The zero-order valence-corrected chi connectivity index (χ0v) is 23.1. The number of aryl methyl sites for hydroxylation is 1. The molecule has 0 fully saturated rings. The second-order valence-electron chi connectivity index (χ2n) is 7.66. The Morgan fingerprint density at radius 3 is 2.58 bits per heavy atom. The number of hydrogen-bond acceptors (Lipinski definition) is 8. The highest BCUT2D eigenvalue weighted by Gasteiger charge is 2.21. The van der Waals surface area contributed by atoms with Crippen LogP contribution in [0, 0.1) is 13.8 Å². The van der Waals surface area contributed by atoms with Crippen LogP contribution >= 0.6 is 23.5 Å². The van der Waals surface area contributed by atoms with E-state index in [-0.39, 0.29) is 28.2 Å². The van der Waals surface area contributed by atoms with Crippen molar-refractivity contribution >= 4 is 57.9 Å². The molecule has 0 saturated heterocycles. The number of hydrogen-bond donors (Lipinski definition) is 3. The van der Waals surface area contributed by atoms with Gasteiger partial charge in [0.25, 0.3) is 5.91 Å². The van der Waals surface area contributed by atoms with E-state index in [0.717, 1.165) is 11.1 Å². The van der Waals surface area contributed by atoms with E-state index in [1.165, 1.54) is 18.1 Å². The van der Waals surface area contributed by atoms with E-state index < -0.39 is 0 Å². The summed E-state index contributed by atoms with van der Waals surface area (Å²) in [7, 11) is 1.61. The van der Waals surface area contributed by atoms with Crippen LogP contribution < -0.4 is 21.2 Å². The van der Waals surface area contributed by atoms with E-state index in [2.05, 4.69) is 20.0 Å². The van der Waals surface area contributed by atoms with Gasteiger partial charge in [-0.3, -0.25) is 19.3 Å². The van der Waals surface area contributed by atoms with E-state index in [9.17, 15) is 9.59 Å². The molecule has 0 aliphatic rings. The lowest BCUT2D eigenvalue weighted by Gasteiger charge is -2.20. The van der Waals surface area contributed by atoms with E-state index in [4.69, 9.17) is 21.8 Å². The maximum atomic E-state index is 13.2. The minimum Gasteiger partial charge on any atom is -0.455 e. The fourth-order valence-corrected chi connectivity index (χ4v) is 4.09. The first-order chi connectivity index (χ1) is 17.2. The number of pyridine rings is 1. The van der Waals surface area contributed by atoms with Gasteiger partial charge in [0.05, 0.1) is 22.7 Å². The van der Waals surface area contributed by atoms with Crippen LogP contribution in [0.4, 0.5) is 5.69 Å². The Bertz CT molecular complexity index is 1370. The number of allylic oxidation sites excluding steroid dienone is 1. The summed E-state index contributed by atoms with van der Waals surface area (Å²) in [6.07, 6.45) is 4.64. The number of anilines is 1. The number of carbonyl (C=O) groups is 1. The largest absolute Gasteiger partial charge is 0.455 e. The highest BCUT2D eigenvalue weighted by atomic mass is 35.5. The summed E-state index contributed by atoms with van der Waals surface area (Å²) < 4.78 is 8.92. The molecule has 192 valence electrons. The fraction of sp³-hybridized carbons (Fsp3) is 0.308. The standard InChI is InChI=1S/C24H26ClN5O3S.C2H6/c1-12-8-16(14(3)28-18-6-7-19(25)29-20(18)24(32)30-34-5)23-17(9-12)21(31)13(2)22(33-23)15(10-26)11-27-4;1-2/h6-11,14,28H,26H2,1-5H3,(H,30,32);1-2H3/b15-10+,27-11?;. The first-order valence-corrected chi connectivity index (χ1v) is 13.0. The summed E-state index contributed by atoms with van der Waals surface area (Å²) in [5.74, 6) is -0.0177. The second-order valence-corrected chi connectivity index (χ2v) is 8.66. The van der Waals surface area contributed by atoms with Gasteiger partial charge >= 0.3 is 0 Å². The molecular formula is C26H32ClN5O3S. The quantitative estimate of drug-likeness (QED) is 0.205. The molecule has 2 aromatic heterocycles. The molecule has 1 aromatic carbocycles. The number of nitrogens with two attached hydrogens (primary N) is 1. The van der Waals surface area contributed by atoms with Crippen molar-refractivity contribution in [3.8, 4) is 0 Å². The van der Waals surface area contributed by atoms with Gasteiger partial charge in [-0.05, 0) is 44.5 Å². The second kappa shape index (κ2) is 13.1. The number of carbonyl (C=O) groups excluding carboxylic acids is 1. The number of aromatic nitrogens is 1. The molecule has 3 rings (SSSR count). The molecule has 3 aromatic rings. The highest BCUT2D eigenvalue weighted by Crippen LogP contribution is 2.31. The smallest absolute Gasteiger partial charge is 0.281 e. The van der Waals surface area contributed by atoms with Gasteiger partial charge in [0.2, 0.25) is 0 Å². The monoisotopic (exact) mass is 529 g/mol. The summed E-state index contributed by atoms with van der Waals surface area (Å²) >= 11 is 7.20. The van der Waals surface area contributed by atoms with Gasteiger partial charge in [-0.25, -0.2) is 4.98 Å². The lowest BCUT2D eigenvalue weighted by molar-refractivity contribution is 0.0980. The number of amides is 1. The molecular weight excluding hydrogens is 498 g/mol. The van der Waals surface area contributed by atoms with Crippen molar-refractivity contribution in [3.63, 3.8) is 0 Å². The molecule has 4 N–H and O–H groups in total. The number of nitrogens with zero attached hydrogens (tertiary/aromatic N) is 2. The predicted molar refractivity (Wildman–Crippen MR) is 152 cm³/mol. The van der Waals surface area contributed by atoms with Crippen molar-refractivity contribution in [2.75, 3.05) is 18.6 Å². The minimum atomic E-state index is -0.375. The van der Waals surface area contributed by atoms with Crippen LogP contribution in [0.25, 0.3) is 16.5 Å². The Balaban J connectivity index is 0.00000222. The number of benzene rings is 1. The van der Waals surface area contributed by atoms with Crippen molar-refractivity contribution < 1.29 is 9.21 Å². The van der Waals surface area contributed by atoms with E-state index in [0.29, 0.717) is 33.6 Å². The zero-order valence-electron chi connectivity index (χ0n) is 21.5. The van der Waals surface area contributed by atoms with Gasteiger partial charge < -0.3 is 15.5 Å². The molecule has 0 radical (unpaired) electrons. The molecule has 2 heterocycles. The van der Waals surface area contributed by atoms with Crippen LogP contribution in [0.5, 0.6) is 0 Å². The molecule has 1 unspecified atom stereocenters. The van der Waals surface area contributed by atoms with Crippen LogP contribution in [-0.2, 0) is 0 Å². The predicted octanol–water partition coefficient (Wildman–Crippen LogP) is 5.67. The Morgan fingerprint density at radius 1 is 1.28 bits per heavy atom. The summed E-state index contributed by atoms with van der Waals surface area (Å²) in [5, 5.41) is 3.98. The van der Waals surface area contributed by atoms with Crippen molar-refractivity contribution in [1.82, 2.24) is 9.71 Å². The maximum absolute atomic E-state index is 13.2. The molecule has 0 aliphatic heterocycles. The Kier molecular flexibility index (Phi) is 10.6. The van der Waals surface area contributed by atoms with E-state index >= 15 is 0 Å². The normalized spacial score (nSPS) is 12.3. The maximum Gasteiger partial charge on any atom is 0.281 e. The third-order valence-electron chi connectivity index (χ3n) is 5.21. The Labute approximate surface area is 220 Å². The van der Waals surface area contributed by atoms with Crippen LogP contribution in [0.3, 0.4) is 0 Å². The highest BCUT2D eigenvalue weighted by molar-refractivity contribution is 7.97. The van der Waals surface area contributed by atoms with Gasteiger partial charge in [-0.1, -0.05) is 43.5 Å². The van der Waals surface area contributed by atoms with Gasteiger partial charge in [-0.15, -0.1) is 0 Å². The van der Waals surface area contributed by atoms with Gasteiger partial charge in [0, 0.05) is 36.8 Å². The number of nitrogens with one attached hydrogen (secondary N) is 2. The first kappa shape index (κ1) is 28.9. The zero-order chi connectivity index (χ0) is 27.0. The molecule has 8 nitrogen and oxygen atoms in total. The summed E-state index contributed by atoms with van der Waals surface area (Å²) in [6.45, 7) is 9.52. The van der Waals surface area contributed by atoms with Crippen LogP contribution in [0.1, 0.15) is 59.8 Å². The molecule has 36 heavy (non-hydrogen) atoms. The van der Waals surface area contributed by atoms with Crippen molar-refractivity contribution in [2.45, 2.75) is 40.7 Å². The Morgan fingerprint density at radius 2 is 1.97 bits per heavy atom. The van der Waals surface area contributed by atoms with Crippen molar-refractivity contribution in [1.29, 1.82) is 0 Å². The van der Waals surface area contributed by atoms with Crippen LogP contribution in [0.15, 0.2) is 44.7 Å². The average Bonchev–Trinajstić information content (AvgIpc) is 2.87. The molecule has 0 saturated carbocycles. The fourth-order valence-electron chi connectivity index (χ4n) is 3.66. The summed E-state index contributed by atoms with van der Waals surface area (Å²) in [5.41, 5.74) is 9.30. The van der Waals surface area contributed by atoms with Crippen LogP contribution in [0.2, 0.25) is 5.15 Å². The number of fused-ring (bicyclic) bond motifs is 1. The number of rotatable bonds is 7. The number of halogens is 1. The first-order valence-electron chi connectivity index (χ1n) is 11.4. The molecule has 1 amide bonds. The van der Waals surface area contributed by atoms with Gasteiger partial charge in [0.15, 0.2) is 11.1 Å². The minimum absolute atomic E-state index is 0.148. The Hall–Kier alpha value is -3.30. The van der Waals surface area contributed by atoms with E-state index in [1.54, 1.807) is 44.6 Å². The average molecular weight is 530 g/mol. The molecule has 1 atom stereocenters. The third kappa shape index (κ3) is 6.27. The lowest BCUT2D eigenvalue weighted by atomic mass is 9.99. The van der Waals surface area contributed by atoms with Gasteiger partial charge in [0.1, 0.15) is 16.5 Å². The molecule has 0 bridgehead atoms. The molecule has 0 aliphatic carbocycles. The molecule has 0 spiro atoms. The lowest BCUT2D eigenvalue weighted by Crippen LogP contribution is -2.20. The number of aliphatic imine (C=N–C) groups is 1.